The Bertz CT molecular complexity index is 2080. The van der Waals surface area contributed by atoms with Crippen molar-refractivity contribution in [1.82, 2.24) is 39.7 Å². The van der Waals surface area contributed by atoms with Crippen molar-refractivity contribution in [2.75, 3.05) is 57.2 Å². The monoisotopic (exact) mass is 782 g/mol. The third-order valence-electron chi connectivity index (χ3n) is 10.5. The number of aromatic nitrogens is 5. The van der Waals surface area contributed by atoms with Crippen LogP contribution in [0, 0.1) is 0 Å². The molecule has 1 aromatic carbocycles. The van der Waals surface area contributed by atoms with Crippen molar-refractivity contribution < 1.29 is 33.4 Å². The minimum absolute atomic E-state index is 0.0605. The van der Waals surface area contributed by atoms with Gasteiger partial charge in [-0.15, -0.1) is 0 Å². The van der Waals surface area contributed by atoms with Gasteiger partial charge in [0, 0.05) is 56.5 Å². The van der Waals surface area contributed by atoms with Crippen LogP contribution in [0.3, 0.4) is 0 Å². The van der Waals surface area contributed by atoms with Crippen LogP contribution in [0.25, 0.3) is 5.65 Å². The minimum Gasteiger partial charge on any atom is -0.460 e. The lowest BCUT2D eigenvalue weighted by Crippen LogP contribution is -2.52. The van der Waals surface area contributed by atoms with Crippen molar-refractivity contribution in [3.63, 3.8) is 0 Å². The van der Waals surface area contributed by atoms with Crippen molar-refractivity contribution in [2.45, 2.75) is 83.5 Å². The molecule has 57 heavy (non-hydrogen) atoms. The summed E-state index contributed by atoms with van der Waals surface area (Å²) in [6.07, 6.45) is 7.38. The van der Waals surface area contributed by atoms with Crippen molar-refractivity contribution in [2.24, 2.45) is 0 Å². The summed E-state index contributed by atoms with van der Waals surface area (Å²) in [5, 5.41) is 13.0. The molecule has 3 aliphatic rings. The van der Waals surface area contributed by atoms with E-state index in [2.05, 4.69) is 56.8 Å². The van der Waals surface area contributed by atoms with Crippen LogP contribution in [-0.4, -0.2) is 117 Å². The Balaban J connectivity index is 0.808. The van der Waals surface area contributed by atoms with Crippen LogP contribution in [0.15, 0.2) is 42.7 Å². The molecule has 7 rings (SSSR count). The Morgan fingerprint density at radius 2 is 1.82 bits per heavy atom. The number of rotatable bonds is 17. The largest absolute Gasteiger partial charge is 0.460 e. The average Bonchev–Trinajstić information content (AvgIpc) is 3.78. The zero-order chi connectivity index (χ0) is 39.9. The normalized spacial score (nSPS) is 17.6. The molecule has 3 aliphatic heterocycles. The van der Waals surface area contributed by atoms with Gasteiger partial charge in [-0.1, -0.05) is 32.0 Å². The molecule has 2 saturated heterocycles. The first-order chi connectivity index (χ1) is 27.6. The third-order valence-corrected chi connectivity index (χ3v) is 10.5. The molecule has 3 N–H and O–H groups in total. The lowest BCUT2D eigenvalue weighted by atomic mass is 10.00. The summed E-state index contributed by atoms with van der Waals surface area (Å²) < 4.78 is 19.2. The van der Waals surface area contributed by atoms with E-state index < -0.39 is 11.9 Å². The maximum Gasteiger partial charge on any atom is 0.322 e. The quantitative estimate of drug-likeness (QED) is 0.105. The molecule has 1 unspecified atom stereocenters. The highest BCUT2D eigenvalue weighted by Crippen LogP contribution is 2.30. The Kier molecular flexibility index (Phi) is 12.7. The molecule has 3 aromatic heterocycles. The number of piperidine rings is 2. The van der Waals surface area contributed by atoms with Gasteiger partial charge < -0.3 is 34.6 Å². The van der Waals surface area contributed by atoms with Crippen molar-refractivity contribution in [3.8, 4) is 6.01 Å². The van der Waals surface area contributed by atoms with E-state index in [1.165, 1.54) is 0 Å². The average molecular weight is 783 g/mol. The maximum atomic E-state index is 13.1. The molecule has 4 aromatic rings. The zero-order valence-corrected chi connectivity index (χ0v) is 32.7. The number of nitrogens with zero attached hydrogens (tertiary/aromatic N) is 7. The van der Waals surface area contributed by atoms with Gasteiger partial charge in [-0.3, -0.25) is 24.5 Å². The van der Waals surface area contributed by atoms with Crippen LogP contribution in [0.1, 0.15) is 84.5 Å². The first-order valence-electron chi connectivity index (χ1n) is 19.6. The highest BCUT2D eigenvalue weighted by Gasteiger charge is 2.39. The number of carbonyl (C=O) groups is 4. The summed E-state index contributed by atoms with van der Waals surface area (Å²) in [6, 6.07) is 8.93. The number of anilines is 2. The number of aryl methyl sites for hydroxylation is 1. The summed E-state index contributed by atoms with van der Waals surface area (Å²) in [4.78, 5) is 67.2. The van der Waals surface area contributed by atoms with Crippen LogP contribution in [0.5, 0.6) is 6.01 Å². The fourth-order valence-electron chi connectivity index (χ4n) is 7.30. The lowest BCUT2D eigenvalue weighted by molar-refractivity contribution is -0.137. The molecule has 17 nitrogen and oxygen atoms in total. The zero-order valence-electron chi connectivity index (χ0n) is 32.7. The van der Waals surface area contributed by atoms with Crippen LogP contribution in [0.4, 0.5) is 11.8 Å². The number of pyridine rings is 1. The smallest absolute Gasteiger partial charge is 0.322 e. The van der Waals surface area contributed by atoms with E-state index in [1.54, 1.807) is 27.7 Å². The number of amides is 4. The topological polar surface area (TPSA) is 195 Å². The van der Waals surface area contributed by atoms with Crippen molar-refractivity contribution in [1.29, 1.82) is 0 Å². The fourth-order valence-corrected chi connectivity index (χ4v) is 7.30. The molecular weight excluding hydrogens is 733 g/mol. The Hall–Kier alpha value is -5.52. The van der Waals surface area contributed by atoms with E-state index in [4.69, 9.17) is 19.2 Å². The molecule has 0 radical (unpaired) electrons. The molecule has 0 aliphatic carbocycles. The van der Waals surface area contributed by atoms with E-state index in [9.17, 15) is 19.2 Å². The second-order valence-electron chi connectivity index (χ2n) is 15.0. The number of ether oxygens (including phenoxy) is 3. The van der Waals surface area contributed by atoms with E-state index in [-0.39, 0.29) is 49.4 Å². The maximum absolute atomic E-state index is 13.1. The number of fused-ring (bicyclic) bond motifs is 2. The molecule has 4 amide bonds. The van der Waals surface area contributed by atoms with Gasteiger partial charge in [-0.25, -0.2) is 4.98 Å². The molecule has 302 valence electrons. The molecule has 2 fully saturated rings. The van der Waals surface area contributed by atoms with E-state index in [0.29, 0.717) is 68.1 Å². The summed E-state index contributed by atoms with van der Waals surface area (Å²) in [5.41, 5.74) is 5.16. The lowest BCUT2D eigenvalue weighted by Gasteiger charge is -2.29. The number of benzene rings is 1. The second-order valence-corrected chi connectivity index (χ2v) is 15.0. The number of hydrogen-bond acceptors (Lipinski definition) is 13. The first-order valence-corrected chi connectivity index (χ1v) is 19.6. The SMILES string of the molecule is CC(C)c1cnn2c(NCc3ccc(NC(=O)COCCOCCCc4cccc5c4CN(C4CCC(=O)NC4=O)C5=O)nc3)nc(OC3CCN(C)CC3)nc12. The van der Waals surface area contributed by atoms with Crippen molar-refractivity contribution >= 4 is 41.0 Å². The summed E-state index contributed by atoms with van der Waals surface area (Å²) >= 11 is 0. The van der Waals surface area contributed by atoms with E-state index >= 15 is 0 Å². The van der Waals surface area contributed by atoms with E-state index in [0.717, 1.165) is 54.6 Å². The second kappa shape index (κ2) is 18.2. The summed E-state index contributed by atoms with van der Waals surface area (Å²) in [7, 11) is 2.11. The summed E-state index contributed by atoms with van der Waals surface area (Å²) in [6.45, 7) is 7.81. The Morgan fingerprint density at radius 1 is 1.00 bits per heavy atom. The van der Waals surface area contributed by atoms with Gasteiger partial charge in [0.15, 0.2) is 5.65 Å². The van der Waals surface area contributed by atoms with Gasteiger partial charge >= 0.3 is 6.01 Å². The van der Waals surface area contributed by atoms with Gasteiger partial charge in [0.05, 0.1) is 19.4 Å². The molecule has 17 heteroatoms. The highest BCUT2D eigenvalue weighted by molar-refractivity contribution is 6.05. The Morgan fingerprint density at radius 3 is 2.60 bits per heavy atom. The van der Waals surface area contributed by atoms with Gasteiger partial charge in [0.25, 0.3) is 11.8 Å². The number of hydrogen-bond donors (Lipinski definition) is 3. The predicted molar refractivity (Wildman–Crippen MR) is 209 cm³/mol. The number of carbonyl (C=O) groups excluding carboxylic acids is 4. The molecule has 0 bridgehead atoms. The first kappa shape index (κ1) is 39.7. The standard InChI is InChI=1S/C40H50N10O7/c1-25(2)30-22-43-50-36(30)46-40(57-28-13-15-48(3)16-14-28)47-39(50)42-21-26-9-11-33(41-20-26)44-35(52)24-56-19-18-55-17-5-7-27-6-4-8-29-31(27)23-49(38(29)54)32-10-12-34(51)45-37(32)53/h4,6,8-9,11,20,22,25,28,32H,5,7,10,12-19,21,23-24H2,1-3H3,(H,41,44,52)(H,42,46,47)(H,45,51,53). The van der Waals surface area contributed by atoms with Gasteiger partial charge in [-0.2, -0.15) is 19.6 Å². The molecule has 0 spiro atoms. The number of likely N-dealkylation sites (tertiary alicyclic amines) is 1. The van der Waals surface area contributed by atoms with Gasteiger partial charge in [0.2, 0.25) is 17.8 Å². The van der Waals surface area contributed by atoms with Crippen LogP contribution >= 0.6 is 0 Å². The highest BCUT2D eigenvalue weighted by atomic mass is 16.5. The summed E-state index contributed by atoms with van der Waals surface area (Å²) in [5.74, 6) is -0.0807. The number of imide groups is 1. The van der Waals surface area contributed by atoms with Crippen LogP contribution in [0.2, 0.25) is 0 Å². The van der Waals surface area contributed by atoms with Crippen molar-refractivity contribution in [3.05, 3.63) is 70.5 Å². The van der Waals surface area contributed by atoms with Gasteiger partial charge in [0.1, 0.15) is 24.6 Å². The van der Waals surface area contributed by atoms with Gasteiger partial charge in [-0.05, 0) is 73.9 Å². The van der Waals surface area contributed by atoms with Crippen LogP contribution < -0.4 is 20.7 Å². The molecule has 0 saturated carbocycles. The minimum atomic E-state index is -0.639. The molecular formula is C40H50N10O7. The molecule has 1 atom stereocenters. The predicted octanol–water partition coefficient (Wildman–Crippen LogP) is 3.09. The van der Waals surface area contributed by atoms with Crippen LogP contribution in [-0.2, 0) is 43.4 Å². The molecule has 6 heterocycles. The Labute approximate surface area is 330 Å². The number of nitrogens with one attached hydrogen (secondary N) is 3. The third kappa shape index (κ3) is 9.72. The fraction of sp³-hybridized carbons (Fsp3) is 0.500. The van der Waals surface area contributed by atoms with E-state index in [1.807, 2.05) is 24.4 Å².